The fraction of sp³-hybridized carbons (Fsp3) is 0.594. The molecule has 0 saturated heterocycles. The highest BCUT2D eigenvalue weighted by Crippen LogP contribution is 2.35. The third-order valence-corrected chi connectivity index (χ3v) is 8.81. The molecule has 1 fully saturated rings. The molecule has 1 aromatic carbocycles. The molecule has 3 heterocycles. The van der Waals surface area contributed by atoms with Crippen LogP contribution in [-0.4, -0.2) is 62.4 Å². The summed E-state index contributed by atoms with van der Waals surface area (Å²) in [4.78, 5) is 32.4. The number of pyridine rings is 1. The van der Waals surface area contributed by atoms with E-state index in [9.17, 15) is 19.1 Å². The van der Waals surface area contributed by atoms with Gasteiger partial charge in [0.05, 0.1) is 17.1 Å². The minimum atomic E-state index is -1.10. The normalized spacial score (nSPS) is 19.7. The molecule has 0 radical (unpaired) electrons. The summed E-state index contributed by atoms with van der Waals surface area (Å²) in [5.74, 6) is -0.602. The van der Waals surface area contributed by atoms with Gasteiger partial charge in [-0.2, -0.15) is 0 Å². The third-order valence-electron chi connectivity index (χ3n) is 8.81. The van der Waals surface area contributed by atoms with Gasteiger partial charge in [0, 0.05) is 43.0 Å². The van der Waals surface area contributed by atoms with Gasteiger partial charge in [0.1, 0.15) is 17.7 Å². The van der Waals surface area contributed by atoms with Crippen molar-refractivity contribution in [3.8, 4) is 0 Å². The lowest BCUT2D eigenvalue weighted by atomic mass is 10.0. The van der Waals surface area contributed by atoms with E-state index >= 15 is 0 Å². The molecule has 2 N–H and O–H groups in total. The maximum atomic E-state index is 15.0. The smallest absolute Gasteiger partial charge is 0.329 e. The number of rotatable bonds is 10. The van der Waals surface area contributed by atoms with Crippen molar-refractivity contribution in [3.63, 3.8) is 0 Å². The van der Waals surface area contributed by atoms with Crippen molar-refractivity contribution in [2.24, 2.45) is 7.05 Å². The van der Waals surface area contributed by atoms with Crippen molar-refractivity contribution in [2.45, 2.75) is 95.9 Å². The number of hydrogen-bond donors (Lipinski definition) is 2. The summed E-state index contributed by atoms with van der Waals surface area (Å²) in [6.45, 7) is 7.26. The maximum absolute atomic E-state index is 15.0. The fourth-order valence-electron chi connectivity index (χ4n) is 6.69. The number of aryl methyl sites for hydroxylation is 3. The molecule has 0 amide bonds. The van der Waals surface area contributed by atoms with Gasteiger partial charge in [0.2, 0.25) is 0 Å². The maximum Gasteiger partial charge on any atom is 0.329 e. The van der Waals surface area contributed by atoms with Gasteiger partial charge in [-0.25, -0.2) is 14.2 Å². The number of likely N-dealkylation sites (N-methyl/N-ethyl adjacent to an activating group) is 1. The molecule has 10 heteroatoms. The highest BCUT2D eigenvalue weighted by molar-refractivity contribution is 5.87. The summed E-state index contributed by atoms with van der Waals surface area (Å²) >= 11 is 0. The molecule has 0 bridgehead atoms. The van der Waals surface area contributed by atoms with Crippen LogP contribution in [0.5, 0.6) is 0 Å². The van der Waals surface area contributed by atoms with Gasteiger partial charge in [-0.3, -0.25) is 18.8 Å². The van der Waals surface area contributed by atoms with Gasteiger partial charge in [0.15, 0.2) is 0 Å². The van der Waals surface area contributed by atoms with Crippen LogP contribution in [0, 0.1) is 5.82 Å². The van der Waals surface area contributed by atoms with Gasteiger partial charge in [0.25, 0.3) is 0 Å². The SMILES string of the molecule is CN([C@H]1CC[C@H](OCCCCc2ccc3c(n2)NCCC3)C1)[C@@H](C(=O)O)c1cc(F)cc2c1n(C)c(=O)n2C(C)(C)C. The van der Waals surface area contributed by atoms with Gasteiger partial charge in [-0.05, 0) is 103 Å². The molecule has 1 aliphatic heterocycles. The molecule has 42 heavy (non-hydrogen) atoms. The number of carboxylic acids is 1. The minimum Gasteiger partial charge on any atom is -0.480 e. The average Bonchev–Trinajstić information content (AvgIpc) is 3.50. The molecule has 0 spiro atoms. The number of nitrogens with one attached hydrogen (secondary N) is 1. The van der Waals surface area contributed by atoms with E-state index < -0.39 is 23.4 Å². The fourth-order valence-corrected chi connectivity index (χ4v) is 6.69. The van der Waals surface area contributed by atoms with Crippen LogP contribution in [0.3, 0.4) is 0 Å². The number of benzene rings is 1. The Morgan fingerprint density at radius 3 is 2.79 bits per heavy atom. The van der Waals surface area contributed by atoms with E-state index in [4.69, 9.17) is 9.72 Å². The molecule has 0 unspecified atom stereocenters. The number of unbranched alkanes of at least 4 members (excludes halogenated alkanes) is 1. The monoisotopic (exact) mass is 581 g/mol. The molecular formula is C32H44FN5O4. The Bertz CT molecular complexity index is 1510. The predicted molar refractivity (Wildman–Crippen MR) is 162 cm³/mol. The van der Waals surface area contributed by atoms with Gasteiger partial charge < -0.3 is 15.2 Å². The van der Waals surface area contributed by atoms with E-state index in [-0.39, 0.29) is 23.4 Å². The summed E-state index contributed by atoms with van der Waals surface area (Å²) in [6, 6.07) is 5.76. The molecule has 3 atom stereocenters. The lowest BCUT2D eigenvalue weighted by Gasteiger charge is -2.31. The second kappa shape index (κ2) is 12.2. The molecule has 1 aliphatic carbocycles. The van der Waals surface area contributed by atoms with Crippen molar-refractivity contribution in [1.29, 1.82) is 0 Å². The van der Waals surface area contributed by atoms with E-state index in [1.54, 1.807) is 14.1 Å². The van der Waals surface area contributed by atoms with Crippen LogP contribution >= 0.6 is 0 Å². The van der Waals surface area contributed by atoms with Gasteiger partial charge >= 0.3 is 11.7 Å². The van der Waals surface area contributed by atoms with Crippen molar-refractivity contribution in [3.05, 3.63) is 57.4 Å². The largest absolute Gasteiger partial charge is 0.480 e. The molecular weight excluding hydrogens is 537 g/mol. The molecule has 3 aromatic rings. The minimum absolute atomic E-state index is 0.0386. The molecule has 9 nitrogen and oxygen atoms in total. The van der Waals surface area contributed by atoms with E-state index in [1.807, 2.05) is 25.7 Å². The molecule has 1 saturated carbocycles. The second-order valence-corrected chi connectivity index (χ2v) is 12.9. The number of anilines is 1. The Balaban J connectivity index is 1.22. The van der Waals surface area contributed by atoms with Crippen LogP contribution in [0.15, 0.2) is 29.1 Å². The van der Waals surface area contributed by atoms with Gasteiger partial charge in [-0.1, -0.05) is 6.07 Å². The quantitative estimate of drug-likeness (QED) is 0.325. The highest BCUT2D eigenvalue weighted by atomic mass is 19.1. The number of carboxylic acid groups (broad SMARTS) is 1. The number of hydrogen-bond acceptors (Lipinski definition) is 6. The zero-order valence-electron chi connectivity index (χ0n) is 25.5. The lowest BCUT2D eigenvalue weighted by molar-refractivity contribution is -0.144. The van der Waals surface area contributed by atoms with Crippen LogP contribution in [0.2, 0.25) is 0 Å². The number of ether oxygens (including phenoxy) is 1. The van der Waals surface area contributed by atoms with E-state index in [1.165, 1.54) is 26.8 Å². The van der Waals surface area contributed by atoms with Crippen LogP contribution < -0.4 is 11.0 Å². The summed E-state index contributed by atoms with van der Waals surface area (Å²) < 4.78 is 24.1. The molecule has 5 rings (SSSR count). The summed E-state index contributed by atoms with van der Waals surface area (Å²) in [5.41, 5.74) is 2.64. The first kappa shape index (κ1) is 30.2. The number of aliphatic carboxylic acids is 1. The first-order valence-electron chi connectivity index (χ1n) is 15.2. The Kier molecular flexibility index (Phi) is 8.76. The number of aromatic nitrogens is 3. The topological polar surface area (TPSA) is 102 Å². The Labute approximate surface area is 246 Å². The molecule has 228 valence electrons. The summed E-state index contributed by atoms with van der Waals surface area (Å²) in [6.07, 6.45) is 7.47. The number of fused-ring (bicyclic) bond motifs is 2. The van der Waals surface area contributed by atoms with Crippen molar-refractivity contribution >= 4 is 22.8 Å². The standard InChI is InChI=1S/C32H44FN5O4/c1-32(2,3)38-26-18-21(33)17-25(27(26)37(5)31(38)41)28(30(39)40)36(4)23-13-14-24(19-23)42-16-7-6-10-22-12-11-20-9-8-15-34-29(20)35-22/h11-12,17-18,23-24,28H,6-10,13-16,19H2,1-5H3,(H,34,35)(H,39,40)/t23-,24-,28+/m0/s1. The summed E-state index contributed by atoms with van der Waals surface area (Å²) in [5, 5.41) is 13.8. The number of carbonyl (C=O) groups is 1. The Morgan fingerprint density at radius 2 is 2.05 bits per heavy atom. The third kappa shape index (κ3) is 6.10. The number of nitrogens with zero attached hydrogens (tertiary/aromatic N) is 4. The lowest BCUT2D eigenvalue weighted by Crippen LogP contribution is -2.38. The highest BCUT2D eigenvalue weighted by Gasteiger charge is 2.37. The Hall–Kier alpha value is -3.24. The zero-order chi connectivity index (χ0) is 30.2. The zero-order valence-corrected chi connectivity index (χ0v) is 25.5. The van der Waals surface area contributed by atoms with Crippen LogP contribution in [-0.2, 0) is 35.0 Å². The van der Waals surface area contributed by atoms with E-state index in [2.05, 4.69) is 17.4 Å². The average molecular weight is 582 g/mol. The Morgan fingerprint density at radius 1 is 1.26 bits per heavy atom. The summed E-state index contributed by atoms with van der Waals surface area (Å²) in [7, 11) is 3.40. The van der Waals surface area contributed by atoms with Crippen LogP contribution in [0.1, 0.15) is 82.2 Å². The van der Waals surface area contributed by atoms with Crippen molar-refractivity contribution in [1.82, 2.24) is 19.0 Å². The first-order valence-corrected chi connectivity index (χ1v) is 15.2. The van der Waals surface area contributed by atoms with Crippen LogP contribution in [0.25, 0.3) is 11.0 Å². The van der Waals surface area contributed by atoms with Crippen molar-refractivity contribution < 1.29 is 19.0 Å². The number of imidazole rings is 1. The van der Waals surface area contributed by atoms with Crippen LogP contribution in [0.4, 0.5) is 10.2 Å². The van der Waals surface area contributed by atoms with E-state index in [0.717, 1.165) is 63.0 Å². The molecule has 2 aromatic heterocycles. The van der Waals surface area contributed by atoms with Gasteiger partial charge in [-0.15, -0.1) is 0 Å². The molecule has 2 aliphatic rings. The predicted octanol–water partition coefficient (Wildman–Crippen LogP) is 5.01. The van der Waals surface area contributed by atoms with E-state index in [0.29, 0.717) is 24.1 Å². The second-order valence-electron chi connectivity index (χ2n) is 12.9. The first-order chi connectivity index (χ1) is 20.0. The number of halogens is 1. The van der Waals surface area contributed by atoms with Crippen molar-refractivity contribution in [2.75, 3.05) is 25.5 Å².